The van der Waals surface area contributed by atoms with Crippen molar-refractivity contribution in [1.82, 2.24) is 14.3 Å². The molecule has 0 aromatic carbocycles. The summed E-state index contributed by atoms with van der Waals surface area (Å²) in [5, 5.41) is 3.20. The first-order valence-electron chi connectivity index (χ1n) is 10.6. The van der Waals surface area contributed by atoms with Gasteiger partial charge in [0.25, 0.3) is 11.5 Å². The number of carbonyl (C=O) groups excluding carboxylic acids is 1. The Bertz CT molecular complexity index is 1290. The number of anilines is 1. The van der Waals surface area contributed by atoms with Gasteiger partial charge in [0, 0.05) is 12.2 Å². The van der Waals surface area contributed by atoms with Gasteiger partial charge in [0.2, 0.25) is 0 Å². The molecule has 1 aliphatic heterocycles. The van der Waals surface area contributed by atoms with E-state index < -0.39 is 0 Å². The number of aryl methyl sites for hydroxylation is 1. The van der Waals surface area contributed by atoms with Gasteiger partial charge in [0.1, 0.15) is 21.5 Å². The van der Waals surface area contributed by atoms with Crippen LogP contribution in [0.25, 0.3) is 11.7 Å². The second-order valence-corrected chi connectivity index (χ2v) is 9.71. The summed E-state index contributed by atoms with van der Waals surface area (Å²) in [6.07, 6.45) is 9.13. The van der Waals surface area contributed by atoms with Crippen molar-refractivity contribution in [2.75, 3.05) is 5.32 Å². The number of pyridine rings is 1. The first-order chi connectivity index (χ1) is 15.5. The number of fused-ring (bicyclic) bond motifs is 1. The lowest BCUT2D eigenvalue weighted by atomic mass is 10.2. The standard InChI is InChI=1S/C23H22N4O3S2/c1-14-8-9-19-25-20(24-12-16-7-4-10-30-16)17(21(28)26(19)13-14)11-18-22(29)27(23(31)32-18)15-5-2-3-6-15/h4,7-11,13,15,24H,2-3,5-6,12H2,1H3/b18-11+. The molecule has 2 fully saturated rings. The van der Waals surface area contributed by atoms with Crippen LogP contribution < -0.4 is 10.9 Å². The molecule has 1 saturated carbocycles. The average Bonchev–Trinajstić information content (AvgIpc) is 3.52. The van der Waals surface area contributed by atoms with Crippen LogP contribution in [0.4, 0.5) is 5.82 Å². The van der Waals surface area contributed by atoms with Crippen molar-refractivity contribution in [2.45, 2.75) is 45.2 Å². The summed E-state index contributed by atoms with van der Waals surface area (Å²) in [6, 6.07) is 7.51. The maximum atomic E-state index is 13.4. The maximum absolute atomic E-state index is 13.4. The molecule has 2 aliphatic rings. The highest BCUT2D eigenvalue weighted by Crippen LogP contribution is 2.38. The van der Waals surface area contributed by atoms with E-state index in [1.807, 2.05) is 19.1 Å². The van der Waals surface area contributed by atoms with E-state index in [0.717, 1.165) is 37.0 Å². The Morgan fingerprint density at radius 1 is 1.28 bits per heavy atom. The molecule has 3 aromatic rings. The van der Waals surface area contributed by atoms with Crippen LogP contribution in [-0.2, 0) is 11.3 Å². The summed E-state index contributed by atoms with van der Waals surface area (Å²) in [7, 11) is 0. The molecule has 1 N–H and O–H groups in total. The molecule has 9 heteroatoms. The van der Waals surface area contributed by atoms with Gasteiger partial charge < -0.3 is 9.73 Å². The smallest absolute Gasteiger partial charge is 0.267 e. The van der Waals surface area contributed by atoms with Gasteiger partial charge in [-0.3, -0.25) is 18.9 Å². The Kier molecular flexibility index (Phi) is 5.60. The number of aromatic nitrogens is 2. The Morgan fingerprint density at radius 3 is 2.84 bits per heavy atom. The van der Waals surface area contributed by atoms with Gasteiger partial charge >= 0.3 is 0 Å². The zero-order chi connectivity index (χ0) is 22.2. The molecule has 5 rings (SSSR count). The summed E-state index contributed by atoms with van der Waals surface area (Å²) >= 11 is 6.76. The number of thioether (sulfide) groups is 1. The largest absolute Gasteiger partial charge is 0.467 e. The van der Waals surface area contributed by atoms with Gasteiger partial charge in [-0.15, -0.1) is 0 Å². The maximum Gasteiger partial charge on any atom is 0.267 e. The summed E-state index contributed by atoms with van der Waals surface area (Å²) in [5.74, 6) is 0.994. The summed E-state index contributed by atoms with van der Waals surface area (Å²) in [5.41, 5.74) is 1.55. The van der Waals surface area contributed by atoms with Crippen molar-refractivity contribution in [1.29, 1.82) is 0 Å². The molecule has 0 atom stereocenters. The molecule has 0 bridgehead atoms. The molecule has 3 aromatic heterocycles. The number of furan rings is 1. The highest BCUT2D eigenvalue weighted by molar-refractivity contribution is 8.26. The fourth-order valence-electron chi connectivity index (χ4n) is 4.20. The lowest BCUT2D eigenvalue weighted by Gasteiger charge is -2.21. The van der Waals surface area contributed by atoms with E-state index in [1.54, 1.807) is 35.6 Å². The van der Waals surface area contributed by atoms with Gasteiger partial charge in [-0.2, -0.15) is 0 Å². The Morgan fingerprint density at radius 2 is 2.09 bits per heavy atom. The van der Waals surface area contributed by atoms with Crippen molar-refractivity contribution in [3.8, 4) is 0 Å². The monoisotopic (exact) mass is 466 g/mol. The fraction of sp³-hybridized carbons (Fsp3) is 0.304. The second-order valence-electron chi connectivity index (χ2n) is 8.04. The molecule has 32 heavy (non-hydrogen) atoms. The van der Waals surface area contributed by atoms with E-state index in [1.165, 1.54) is 16.2 Å². The molecular weight excluding hydrogens is 444 g/mol. The molecule has 4 heterocycles. The first-order valence-corrected chi connectivity index (χ1v) is 11.8. The number of hydrogen-bond donors (Lipinski definition) is 1. The third kappa shape index (κ3) is 3.86. The van der Waals surface area contributed by atoms with E-state index in [0.29, 0.717) is 32.8 Å². The number of hydrogen-bond acceptors (Lipinski definition) is 7. The molecule has 0 unspecified atom stereocenters. The van der Waals surface area contributed by atoms with Crippen LogP contribution in [0.3, 0.4) is 0 Å². The average molecular weight is 467 g/mol. The number of amides is 1. The quantitative estimate of drug-likeness (QED) is 0.442. The third-order valence-corrected chi connectivity index (χ3v) is 7.13. The molecule has 1 saturated heterocycles. The normalized spacial score (nSPS) is 18.4. The number of carbonyl (C=O) groups is 1. The summed E-state index contributed by atoms with van der Waals surface area (Å²) < 4.78 is 7.46. The van der Waals surface area contributed by atoms with Gasteiger partial charge in [-0.05, 0) is 49.6 Å². The van der Waals surface area contributed by atoms with Crippen LogP contribution in [0.1, 0.15) is 42.6 Å². The van der Waals surface area contributed by atoms with E-state index in [2.05, 4.69) is 10.3 Å². The van der Waals surface area contributed by atoms with E-state index in [9.17, 15) is 9.59 Å². The van der Waals surface area contributed by atoms with Crippen molar-refractivity contribution in [3.05, 3.63) is 68.9 Å². The zero-order valence-corrected chi connectivity index (χ0v) is 19.2. The van der Waals surface area contributed by atoms with Crippen molar-refractivity contribution < 1.29 is 9.21 Å². The van der Waals surface area contributed by atoms with Crippen molar-refractivity contribution in [3.63, 3.8) is 0 Å². The van der Waals surface area contributed by atoms with Crippen LogP contribution in [-0.4, -0.2) is 30.6 Å². The molecular formula is C23H22N4O3S2. The van der Waals surface area contributed by atoms with Crippen LogP contribution in [0.5, 0.6) is 0 Å². The van der Waals surface area contributed by atoms with Crippen LogP contribution >= 0.6 is 24.0 Å². The highest BCUT2D eigenvalue weighted by atomic mass is 32.2. The predicted octanol–water partition coefficient (Wildman–Crippen LogP) is 4.35. The minimum absolute atomic E-state index is 0.127. The van der Waals surface area contributed by atoms with Crippen molar-refractivity contribution >= 4 is 51.7 Å². The van der Waals surface area contributed by atoms with Gasteiger partial charge in [-0.1, -0.05) is 42.9 Å². The van der Waals surface area contributed by atoms with Gasteiger partial charge in [0.05, 0.1) is 23.3 Å². The van der Waals surface area contributed by atoms with E-state index in [-0.39, 0.29) is 17.5 Å². The number of nitrogens with zero attached hydrogens (tertiary/aromatic N) is 3. The number of thiocarbonyl (C=S) groups is 1. The van der Waals surface area contributed by atoms with E-state index in [4.69, 9.17) is 16.6 Å². The Balaban J connectivity index is 1.57. The molecule has 1 aliphatic carbocycles. The van der Waals surface area contributed by atoms with Crippen LogP contribution in [0.2, 0.25) is 0 Å². The summed E-state index contributed by atoms with van der Waals surface area (Å²) in [6.45, 7) is 2.28. The Hall–Kier alpha value is -2.91. The number of nitrogens with one attached hydrogen (secondary N) is 1. The molecule has 164 valence electrons. The first kappa shape index (κ1) is 21.0. The van der Waals surface area contributed by atoms with Crippen molar-refractivity contribution in [2.24, 2.45) is 0 Å². The SMILES string of the molecule is Cc1ccc2nc(NCc3ccco3)c(/C=C3/SC(=S)N(C4CCCC4)C3=O)c(=O)n2c1. The summed E-state index contributed by atoms with van der Waals surface area (Å²) in [4.78, 5) is 33.4. The topological polar surface area (TPSA) is 79.8 Å². The Labute approximate surface area is 194 Å². The lowest BCUT2D eigenvalue weighted by molar-refractivity contribution is -0.123. The fourth-order valence-corrected chi connectivity index (χ4v) is 5.58. The lowest BCUT2D eigenvalue weighted by Crippen LogP contribution is -2.36. The van der Waals surface area contributed by atoms with E-state index >= 15 is 0 Å². The second kappa shape index (κ2) is 8.55. The van der Waals surface area contributed by atoms with Gasteiger partial charge in [-0.25, -0.2) is 4.98 Å². The zero-order valence-electron chi connectivity index (χ0n) is 17.5. The number of rotatable bonds is 5. The third-order valence-electron chi connectivity index (χ3n) is 5.80. The molecule has 0 radical (unpaired) electrons. The molecule has 1 amide bonds. The minimum Gasteiger partial charge on any atom is -0.467 e. The van der Waals surface area contributed by atoms with Gasteiger partial charge in [0.15, 0.2) is 0 Å². The predicted molar refractivity (Wildman–Crippen MR) is 130 cm³/mol. The molecule has 0 spiro atoms. The molecule has 7 nitrogen and oxygen atoms in total. The van der Waals surface area contributed by atoms with Crippen LogP contribution in [0.15, 0.2) is 50.8 Å². The van der Waals surface area contributed by atoms with Crippen LogP contribution in [0, 0.1) is 6.92 Å². The highest BCUT2D eigenvalue weighted by Gasteiger charge is 2.38. The minimum atomic E-state index is -0.244.